The van der Waals surface area contributed by atoms with Gasteiger partial charge in [0.1, 0.15) is 11.4 Å². The third-order valence-electron chi connectivity index (χ3n) is 7.67. The maximum absolute atomic E-state index is 11.4. The van der Waals surface area contributed by atoms with E-state index in [0.717, 1.165) is 19.3 Å². The van der Waals surface area contributed by atoms with Crippen LogP contribution in [0.2, 0.25) is 0 Å². The van der Waals surface area contributed by atoms with Gasteiger partial charge < -0.3 is 29.2 Å². The zero-order valence-electron chi connectivity index (χ0n) is 24.2. The largest absolute Gasteiger partial charge is 0.477 e. The minimum Gasteiger partial charge on any atom is -0.477 e. The molecule has 12 nitrogen and oxygen atoms in total. The first kappa shape index (κ1) is 31.9. The normalized spacial score (nSPS) is 23.4. The molecule has 12 heteroatoms. The van der Waals surface area contributed by atoms with Crippen LogP contribution in [0.15, 0.2) is 36.4 Å². The maximum Gasteiger partial charge on any atom is 0.354 e. The summed E-state index contributed by atoms with van der Waals surface area (Å²) in [6, 6.07) is 9.98. The van der Waals surface area contributed by atoms with Gasteiger partial charge in [0, 0.05) is 38.8 Å². The van der Waals surface area contributed by atoms with E-state index in [9.17, 15) is 19.8 Å². The summed E-state index contributed by atoms with van der Waals surface area (Å²) >= 11 is 0. The number of nitrogens with zero attached hydrogens (tertiary/aromatic N) is 4. The fraction of sp³-hybridized carbons (Fsp3) is 0.600. The topological polar surface area (TPSA) is 144 Å². The van der Waals surface area contributed by atoms with E-state index in [1.807, 2.05) is 19.1 Å². The number of rotatable bonds is 6. The van der Waals surface area contributed by atoms with Gasteiger partial charge in [-0.3, -0.25) is 9.80 Å². The van der Waals surface area contributed by atoms with E-state index in [4.69, 9.17) is 18.9 Å². The molecule has 2 fully saturated rings. The second-order valence-corrected chi connectivity index (χ2v) is 10.5. The first-order valence-corrected chi connectivity index (χ1v) is 14.7. The molecule has 230 valence electrons. The third kappa shape index (κ3) is 9.79. The highest BCUT2D eigenvalue weighted by Gasteiger charge is 2.29. The molecule has 0 spiro atoms. The summed E-state index contributed by atoms with van der Waals surface area (Å²) < 4.78 is 24.3. The van der Waals surface area contributed by atoms with Crippen LogP contribution in [0.3, 0.4) is 0 Å². The fourth-order valence-corrected chi connectivity index (χ4v) is 5.30. The first-order chi connectivity index (χ1) is 20.4. The van der Waals surface area contributed by atoms with Crippen LogP contribution in [0.25, 0.3) is 0 Å². The van der Waals surface area contributed by atoms with Crippen molar-refractivity contribution in [1.29, 1.82) is 0 Å². The van der Waals surface area contributed by atoms with Crippen LogP contribution in [-0.2, 0) is 25.5 Å². The highest BCUT2D eigenvalue weighted by Crippen LogP contribution is 2.26. The number of fused-ring (bicyclic) bond motifs is 1. The van der Waals surface area contributed by atoms with Gasteiger partial charge in [0.2, 0.25) is 0 Å². The van der Waals surface area contributed by atoms with Gasteiger partial charge >= 0.3 is 11.9 Å². The molecule has 2 aromatic heterocycles. The second kappa shape index (κ2) is 16.6. The average Bonchev–Trinajstić information content (AvgIpc) is 3.43. The zero-order valence-corrected chi connectivity index (χ0v) is 24.2. The minimum absolute atomic E-state index is 0.0106. The van der Waals surface area contributed by atoms with Gasteiger partial charge in [-0.15, -0.1) is 0 Å². The van der Waals surface area contributed by atoms with Crippen molar-refractivity contribution in [3.05, 3.63) is 59.2 Å². The van der Waals surface area contributed by atoms with Crippen molar-refractivity contribution in [2.24, 2.45) is 0 Å². The average molecular weight is 587 g/mol. The molecular formula is C30H42N4O8. The second-order valence-electron chi connectivity index (χ2n) is 10.5. The SMILES string of the molecule is CC(c1cccc(C(=O)O)n1)N1CCOCCOCCN(Cc2cccc(C(=O)O)n2)CCOC2CCCC2OCC1. The smallest absolute Gasteiger partial charge is 0.354 e. The molecular weight excluding hydrogens is 544 g/mol. The van der Waals surface area contributed by atoms with Gasteiger partial charge in [0.05, 0.1) is 63.2 Å². The van der Waals surface area contributed by atoms with Gasteiger partial charge in [-0.25, -0.2) is 19.6 Å². The molecule has 2 aromatic rings. The summed E-state index contributed by atoms with van der Waals surface area (Å²) in [7, 11) is 0. The molecule has 0 radical (unpaired) electrons. The summed E-state index contributed by atoms with van der Waals surface area (Å²) in [5, 5.41) is 18.7. The molecule has 1 saturated carbocycles. The highest BCUT2D eigenvalue weighted by molar-refractivity contribution is 5.85. The van der Waals surface area contributed by atoms with Crippen LogP contribution < -0.4 is 0 Å². The number of hydrogen-bond acceptors (Lipinski definition) is 10. The molecule has 1 aliphatic carbocycles. The van der Waals surface area contributed by atoms with E-state index < -0.39 is 11.9 Å². The molecule has 3 heterocycles. The van der Waals surface area contributed by atoms with Crippen molar-refractivity contribution in [1.82, 2.24) is 19.8 Å². The van der Waals surface area contributed by atoms with Crippen LogP contribution in [0, 0.1) is 0 Å². The van der Waals surface area contributed by atoms with E-state index in [1.54, 1.807) is 12.1 Å². The summed E-state index contributed by atoms with van der Waals surface area (Å²) in [6.07, 6.45) is 2.94. The van der Waals surface area contributed by atoms with Crippen molar-refractivity contribution in [2.45, 2.75) is 51.0 Å². The van der Waals surface area contributed by atoms with E-state index in [1.165, 1.54) is 12.1 Å². The molecule has 0 amide bonds. The molecule has 2 aliphatic rings. The summed E-state index contributed by atoms with van der Waals surface area (Å²) in [5.74, 6) is -2.09. The Balaban J connectivity index is 1.37. The van der Waals surface area contributed by atoms with Gasteiger partial charge in [-0.2, -0.15) is 0 Å². The lowest BCUT2D eigenvalue weighted by atomic mass is 10.1. The number of carboxylic acid groups (broad SMARTS) is 2. The van der Waals surface area contributed by atoms with Gasteiger partial charge in [-0.05, 0) is 50.5 Å². The van der Waals surface area contributed by atoms with Crippen molar-refractivity contribution in [3.63, 3.8) is 0 Å². The summed E-state index contributed by atoms with van der Waals surface area (Å²) in [6.45, 7) is 7.96. The van der Waals surface area contributed by atoms with E-state index in [-0.39, 0.29) is 29.6 Å². The molecule has 3 atom stereocenters. The van der Waals surface area contributed by atoms with E-state index in [2.05, 4.69) is 19.8 Å². The molecule has 3 unspecified atom stereocenters. The Labute approximate surface area is 246 Å². The quantitative estimate of drug-likeness (QED) is 0.514. The van der Waals surface area contributed by atoms with Crippen LogP contribution >= 0.6 is 0 Å². The lowest BCUT2D eigenvalue weighted by molar-refractivity contribution is -0.0683. The standard InChI is InChI=1S/C30H42N4O8/c1-22(24-6-3-8-26(32-24)30(37)38)34-13-16-40-20-19-39-15-11-33(21-23-5-2-7-25(31-23)29(35)36)12-17-41-27-9-4-10-28(27)42-18-14-34/h2-3,5-8,22,27-28H,4,9-21H2,1H3,(H,35,36)(H,37,38). The lowest BCUT2D eigenvalue weighted by Crippen LogP contribution is -2.37. The Kier molecular flexibility index (Phi) is 12.6. The van der Waals surface area contributed by atoms with E-state index >= 15 is 0 Å². The van der Waals surface area contributed by atoms with E-state index in [0.29, 0.717) is 83.8 Å². The van der Waals surface area contributed by atoms with Gasteiger partial charge in [-0.1, -0.05) is 12.1 Å². The molecule has 1 aliphatic heterocycles. The monoisotopic (exact) mass is 586 g/mol. The molecule has 1 saturated heterocycles. The van der Waals surface area contributed by atoms with Gasteiger partial charge in [0.15, 0.2) is 0 Å². The molecule has 0 bridgehead atoms. The zero-order chi connectivity index (χ0) is 29.7. The Bertz CT molecular complexity index is 1150. The van der Waals surface area contributed by atoms with Crippen LogP contribution in [0.1, 0.15) is 64.6 Å². The summed E-state index contributed by atoms with van der Waals surface area (Å²) in [5.41, 5.74) is 1.44. The Hall–Kier alpha value is -3.00. The summed E-state index contributed by atoms with van der Waals surface area (Å²) in [4.78, 5) is 35.8. The van der Waals surface area contributed by atoms with Crippen LogP contribution in [-0.4, -0.2) is 120 Å². The predicted molar refractivity (Wildman–Crippen MR) is 153 cm³/mol. The number of aromatic carboxylic acids is 2. The Morgan fingerprint density at radius 3 is 2.07 bits per heavy atom. The molecule has 2 N–H and O–H groups in total. The number of carboxylic acids is 2. The van der Waals surface area contributed by atoms with Crippen molar-refractivity contribution in [3.8, 4) is 0 Å². The number of hydrogen-bond donors (Lipinski definition) is 2. The van der Waals surface area contributed by atoms with Crippen LogP contribution in [0.5, 0.6) is 0 Å². The number of aromatic nitrogens is 2. The molecule has 42 heavy (non-hydrogen) atoms. The van der Waals surface area contributed by atoms with Crippen molar-refractivity contribution < 1.29 is 38.7 Å². The Morgan fingerprint density at radius 2 is 1.38 bits per heavy atom. The first-order valence-electron chi connectivity index (χ1n) is 14.7. The lowest BCUT2D eigenvalue weighted by Gasteiger charge is -2.30. The molecule has 0 aromatic carbocycles. The number of ether oxygens (including phenoxy) is 4. The van der Waals surface area contributed by atoms with Crippen LogP contribution in [0.4, 0.5) is 0 Å². The maximum atomic E-state index is 11.4. The predicted octanol–water partition coefficient (Wildman–Crippen LogP) is 2.74. The van der Waals surface area contributed by atoms with Crippen molar-refractivity contribution in [2.75, 3.05) is 65.8 Å². The Morgan fingerprint density at radius 1 is 0.810 bits per heavy atom. The van der Waals surface area contributed by atoms with Gasteiger partial charge in [0.25, 0.3) is 0 Å². The minimum atomic E-state index is -1.05. The fourth-order valence-electron chi connectivity index (χ4n) is 5.30. The number of pyridine rings is 2. The van der Waals surface area contributed by atoms with Crippen molar-refractivity contribution >= 4 is 11.9 Å². The number of carbonyl (C=O) groups is 2. The molecule has 4 rings (SSSR count). The third-order valence-corrected chi connectivity index (χ3v) is 7.67. The highest BCUT2D eigenvalue weighted by atomic mass is 16.5.